The van der Waals surface area contributed by atoms with E-state index in [1.54, 1.807) is 18.2 Å². The number of hydrogen-bond acceptors (Lipinski definition) is 7. The largest absolute Gasteiger partial charge is 0.493 e. The minimum Gasteiger partial charge on any atom is -0.493 e. The van der Waals surface area contributed by atoms with Crippen molar-refractivity contribution < 1.29 is 37.1 Å². The predicted molar refractivity (Wildman–Crippen MR) is 151 cm³/mol. The Labute approximate surface area is 245 Å². The van der Waals surface area contributed by atoms with Crippen LogP contribution in [0.5, 0.6) is 23.0 Å². The molecule has 0 saturated carbocycles. The second kappa shape index (κ2) is 13.2. The Morgan fingerprint density at radius 1 is 0.976 bits per heavy atom. The van der Waals surface area contributed by atoms with E-state index in [2.05, 4.69) is 26.5 Å². The van der Waals surface area contributed by atoms with Crippen molar-refractivity contribution in [3.63, 3.8) is 0 Å². The molecule has 4 aromatic rings. The van der Waals surface area contributed by atoms with Crippen LogP contribution in [0.15, 0.2) is 94.5 Å². The van der Waals surface area contributed by atoms with Crippen molar-refractivity contribution in [1.82, 2.24) is 5.43 Å². The highest BCUT2D eigenvalue weighted by atomic mass is 79.9. The summed E-state index contributed by atoms with van der Waals surface area (Å²) in [5.74, 6) is 0.0772. The SMILES string of the molecule is COc1cc(C(=O)N/N=C/c2ccc(Oc3ccc(C(F)(F)F)cc3[N+](=O)[O-])c(Br)c2)ccc1OCc1ccccc1. The number of nitrogens with zero attached hydrogens (tertiary/aromatic N) is 2. The summed E-state index contributed by atoms with van der Waals surface area (Å²) < 4.78 is 55.9. The van der Waals surface area contributed by atoms with Crippen LogP contribution in [0.1, 0.15) is 27.0 Å². The number of benzene rings is 4. The van der Waals surface area contributed by atoms with Gasteiger partial charge in [-0.3, -0.25) is 14.9 Å². The lowest BCUT2D eigenvalue weighted by molar-refractivity contribution is -0.385. The maximum absolute atomic E-state index is 13.0. The number of nitrogens with one attached hydrogen (secondary N) is 1. The molecule has 0 radical (unpaired) electrons. The molecule has 4 aromatic carbocycles. The number of hydrogen-bond donors (Lipinski definition) is 1. The maximum Gasteiger partial charge on any atom is 0.416 e. The molecule has 1 amide bonds. The van der Waals surface area contributed by atoms with Gasteiger partial charge in [-0.25, -0.2) is 5.43 Å². The molecule has 0 bridgehead atoms. The topological polar surface area (TPSA) is 112 Å². The van der Waals surface area contributed by atoms with Crippen molar-refractivity contribution in [2.75, 3.05) is 7.11 Å². The third-order valence-corrected chi connectivity index (χ3v) is 6.32. The molecule has 0 aliphatic heterocycles. The van der Waals surface area contributed by atoms with E-state index in [9.17, 15) is 28.1 Å². The van der Waals surface area contributed by atoms with E-state index in [0.29, 0.717) is 40.3 Å². The lowest BCUT2D eigenvalue weighted by Gasteiger charge is -2.12. The summed E-state index contributed by atoms with van der Waals surface area (Å²) in [6.07, 6.45) is -3.39. The molecule has 13 heteroatoms. The molecule has 0 spiro atoms. The van der Waals surface area contributed by atoms with Gasteiger partial charge in [-0.1, -0.05) is 30.3 Å². The number of amides is 1. The summed E-state index contributed by atoms with van der Waals surface area (Å²) in [5, 5.41) is 15.3. The van der Waals surface area contributed by atoms with Gasteiger partial charge in [0, 0.05) is 11.6 Å². The normalized spacial score (nSPS) is 11.3. The molecule has 9 nitrogen and oxygen atoms in total. The number of carbonyl (C=O) groups is 1. The van der Waals surface area contributed by atoms with Gasteiger partial charge in [0.15, 0.2) is 11.5 Å². The van der Waals surface area contributed by atoms with Gasteiger partial charge < -0.3 is 14.2 Å². The van der Waals surface area contributed by atoms with Crippen LogP contribution in [0.2, 0.25) is 0 Å². The number of methoxy groups -OCH3 is 1. The second-order valence-corrected chi connectivity index (χ2v) is 9.42. The van der Waals surface area contributed by atoms with Gasteiger partial charge in [0.05, 0.1) is 28.3 Å². The fraction of sp³-hybridized carbons (Fsp3) is 0.103. The molecule has 216 valence electrons. The van der Waals surface area contributed by atoms with E-state index in [4.69, 9.17) is 14.2 Å². The van der Waals surface area contributed by atoms with Gasteiger partial charge in [0.25, 0.3) is 5.91 Å². The van der Waals surface area contributed by atoms with Crippen molar-refractivity contribution in [2.24, 2.45) is 5.10 Å². The van der Waals surface area contributed by atoms with E-state index < -0.39 is 28.3 Å². The summed E-state index contributed by atoms with van der Waals surface area (Å²) in [5.41, 5.74) is 2.17. The van der Waals surface area contributed by atoms with E-state index in [1.165, 1.54) is 31.5 Å². The molecule has 0 aromatic heterocycles. The number of halogens is 4. The number of carbonyl (C=O) groups excluding carboxylic acids is 1. The zero-order valence-electron chi connectivity index (χ0n) is 21.7. The zero-order valence-corrected chi connectivity index (χ0v) is 23.3. The van der Waals surface area contributed by atoms with Crippen molar-refractivity contribution in [3.05, 3.63) is 122 Å². The zero-order chi connectivity index (χ0) is 30.3. The quantitative estimate of drug-likeness (QED) is 0.109. The fourth-order valence-corrected chi connectivity index (χ4v) is 4.09. The number of rotatable bonds is 10. The number of hydrazone groups is 1. The molecule has 0 fully saturated rings. The van der Waals surface area contributed by atoms with Gasteiger partial charge >= 0.3 is 11.9 Å². The molecule has 0 aliphatic rings. The number of alkyl halides is 3. The third kappa shape index (κ3) is 7.63. The molecule has 0 heterocycles. The molecule has 0 aliphatic carbocycles. The van der Waals surface area contributed by atoms with E-state index in [0.717, 1.165) is 11.6 Å². The van der Waals surface area contributed by atoms with Gasteiger partial charge in [0.1, 0.15) is 12.4 Å². The highest BCUT2D eigenvalue weighted by Gasteiger charge is 2.33. The summed E-state index contributed by atoms with van der Waals surface area (Å²) in [7, 11) is 1.46. The lowest BCUT2D eigenvalue weighted by Crippen LogP contribution is -2.17. The first-order valence-electron chi connectivity index (χ1n) is 12.1. The molecule has 1 N–H and O–H groups in total. The van der Waals surface area contributed by atoms with E-state index in [1.807, 2.05) is 30.3 Å². The lowest BCUT2D eigenvalue weighted by atomic mass is 10.2. The van der Waals surface area contributed by atoms with Crippen LogP contribution in [0.4, 0.5) is 18.9 Å². The van der Waals surface area contributed by atoms with Crippen LogP contribution in [0.25, 0.3) is 0 Å². The van der Waals surface area contributed by atoms with Crippen molar-refractivity contribution >= 4 is 33.7 Å². The fourth-order valence-electron chi connectivity index (χ4n) is 3.61. The number of nitro groups is 1. The number of ether oxygens (including phenoxy) is 3. The molecular weight excluding hydrogens is 623 g/mol. The summed E-state index contributed by atoms with van der Waals surface area (Å²) in [4.78, 5) is 23.0. The molecule has 0 atom stereocenters. The molecule has 4 rings (SSSR count). The highest BCUT2D eigenvalue weighted by Crippen LogP contribution is 2.39. The van der Waals surface area contributed by atoms with Crippen LogP contribution in [0.3, 0.4) is 0 Å². The number of nitro benzene ring substituents is 1. The standard InChI is InChI=1S/C29H21BrF3N3O6/c1-40-27-14-20(8-11-26(27)41-17-18-5-3-2-4-6-18)28(37)35-34-16-19-7-10-24(22(30)13-19)42-25-12-9-21(29(31,32)33)15-23(25)36(38)39/h2-16H,17H2,1H3,(H,35,37)/b34-16+. The van der Waals surface area contributed by atoms with Crippen LogP contribution in [-0.4, -0.2) is 24.2 Å². The van der Waals surface area contributed by atoms with Crippen molar-refractivity contribution in [3.8, 4) is 23.0 Å². The Morgan fingerprint density at radius 2 is 1.69 bits per heavy atom. The smallest absolute Gasteiger partial charge is 0.416 e. The highest BCUT2D eigenvalue weighted by molar-refractivity contribution is 9.10. The van der Waals surface area contributed by atoms with Gasteiger partial charge in [0.2, 0.25) is 5.75 Å². The first kappa shape index (κ1) is 30.1. The molecule has 42 heavy (non-hydrogen) atoms. The van der Waals surface area contributed by atoms with Crippen LogP contribution in [0, 0.1) is 10.1 Å². The Kier molecular flexibility index (Phi) is 9.42. The molecule has 0 unspecified atom stereocenters. The van der Waals surface area contributed by atoms with Gasteiger partial charge in [-0.2, -0.15) is 18.3 Å². The first-order chi connectivity index (χ1) is 20.0. The van der Waals surface area contributed by atoms with Crippen LogP contribution >= 0.6 is 15.9 Å². The monoisotopic (exact) mass is 643 g/mol. The maximum atomic E-state index is 13.0. The summed E-state index contributed by atoms with van der Waals surface area (Å²) >= 11 is 3.27. The molecule has 0 saturated heterocycles. The van der Waals surface area contributed by atoms with E-state index >= 15 is 0 Å². The van der Waals surface area contributed by atoms with E-state index in [-0.39, 0.29) is 17.1 Å². The van der Waals surface area contributed by atoms with Crippen molar-refractivity contribution in [2.45, 2.75) is 12.8 Å². The summed E-state index contributed by atoms with van der Waals surface area (Å²) in [6.45, 7) is 0.327. The third-order valence-electron chi connectivity index (χ3n) is 5.70. The van der Waals surface area contributed by atoms with Crippen LogP contribution < -0.4 is 19.6 Å². The first-order valence-corrected chi connectivity index (χ1v) is 12.9. The Morgan fingerprint density at radius 3 is 2.36 bits per heavy atom. The minimum absolute atomic E-state index is 0.112. The second-order valence-electron chi connectivity index (χ2n) is 8.57. The summed E-state index contributed by atoms with van der Waals surface area (Å²) in [6, 6.07) is 20.8. The minimum atomic E-state index is -4.74. The average molecular weight is 644 g/mol. The predicted octanol–water partition coefficient (Wildman–Crippen LogP) is 7.52. The van der Waals surface area contributed by atoms with Crippen LogP contribution in [-0.2, 0) is 12.8 Å². The van der Waals surface area contributed by atoms with Crippen molar-refractivity contribution in [1.29, 1.82) is 0 Å². The van der Waals surface area contributed by atoms with Gasteiger partial charge in [-0.15, -0.1) is 0 Å². The Bertz CT molecular complexity index is 1630. The average Bonchev–Trinajstić information content (AvgIpc) is 2.97. The van der Waals surface area contributed by atoms with Gasteiger partial charge in [-0.05, 0) is 75.6 Å². The Hall–Kier alpha value is -4.91. The molecular formula is C29H21BrF3N3O6. The Balaban J connectivity index is 1.40.